The first kappa shape index (κ1) is 16.6. The van der Waals surface area contributed by atoms with E-state index in [9.17, 15) is 4.79 Å². The average Bonchev–Trinajstić information content (AvgIpc) is 3.43. The second kappa shape index (κ2) is 6.56. The van der Waals surface area contributed by atoms with Gasteiger partial charge >= 0.3 is 6.03 Å². The molecule has 1 saturated heterocycles. The summed E-state index contributed by atoms with van der Waals surface area (Å²) in [5, 5.41) is 7.23. The predicted octanol–water partition coefficient (Wildman–Crippen LogP) is 2.56. The molecule has 0 aliphatic carbocycles. The van der Waals surface area contributed by atoms with Gasteiger partial charge in [-0.15, -0.1) is 0 Å². The number of ether oxygens (including phenoxy) is 2. The molecule has 0 saturated carbocycles. The third kappa shape index (κ3) is 2.83. The van der Waals surface area contributed by atoms with Gasteiger partial charge in [0.15, 0.2) is 17.3 Å². The molecule has 5 rings (SSSR count). The summed E-state index contributed by atoms with van der Waals surface area (Å²) in [6.07, 6.45) is 1.55. The molecule has 2 amide bonds. The summed E-state index contributed by atoms with van der Waals surface area (Å²) < 4.78 is 12.7. The highest BCUT2D eigenvalue weighted by Gasteiger charge is 2.23. The molecule has 0 bridgehead atoms. The second-order valence-electron chi connectivity index (χ2n) is 6.81. The van der Waals surface area contributed by atoms with Crippen molar-refractivity contribution in [2.45, 2.75) is 13.5 Å². The minimum atomic E-state index is -0.0675. The number of hydrogen-bond acceptors (Lipinski definition) is 5. The van der Waals surface area contributed by atoms with Gasteiger partial charge in [0, 0.05) is 24.3 Å². The Labute approximate surface area is 161 Å². The highest BCUT2D eigenvalue weighted by atomic mass is 16.7. The lowest BCUT2D eigenvalue weighted by molar-refractivity contribution is 0.174. The Morgan fingerprint density at radius 3 is 2.89 bits per heavy atom. The van der Waals surface area contributed by atoms with Crippen molar-refractivity contribution >= 4 is 11.7 Å². The van der Waals surface area contributed by atoms with E-state index in [-0.39, 0.29) is 12.8 Å². The molecule has 2 aliphatic rings. The molecule has 0 radical (unpaired) electrons. The van der Waals surface area contributed by atoms with Gasteiger partial charge in [0.05, 0.1) is 6.54 Å². The molecule has 28 heavy (non-hydrogen) atoms. The number of hydrogen-bond donors (Lipinski definition) is 1. The Morgan fingerprint density at radius 1 is 1.14 bits per heavy atom. The Kier molecular flexibility index (Phi) is 3.89. The number of carbonyl (C=O) groups is 1. The summed E-state index contributed by atoms with van der Waals surface area (Å²) in [4.78, 5) is 18.3. The van der Waals surface area contributed by atoms with Gasteiger partial charge in [-0.25, -0.2) is 14.5 Å². The van der Waals surface area contributed by atoms with E-state index >= 15 is 0 Å². The SMILES string of the molecule is Cc1ccc(-c2ncnn2Cc2ccc3c(c2)OCO3)cc1N1CCNC1=O. The smallest absolute Gasteiger partial charge is 0.322 e. The van der Waals surface area contributed by atoms with Crippen molar-refractivity contribution in [3.63, 3.8) is 0 Å². The normalized spacial score (nSPS) is 15.2. The number of amides is 2. The molecule has 1 N–H and O–H groups in total. The van der Waals surface area contributed by atoms with Gasteiger partial charge in [-0.05, 0) is 36.2 Å². The van der Waals surface area contributed by atoms with Crippen LogP contribution < -0.4 is 19.7 Å². The number of benzene rings is 2. The van der Waals surface area contributed by atoms with Crippen LogP contribution in [-0.2, 0) is 6.54 Å². The van der Waals surface area contributed by atoms with Gasteiger partial charge in [-0.1, -0.05) is 18.2 Å². The fraction of sp³-hybridized carbons (Fsp3) is 0.250. The third-order valence-corrected chi connectivity index (χ3v) is 5.00. The van der Waals surface area contributed by atoms with Gasteiger partial charge in [0.2, 0.25) is 6.79 Å². The number of aromatic nitrogens is 3. The van der Waals surface area contributed by atoms with E-state index in [1.807, 2.05) is 48.0 Å². The summed E-state index contributed by atoms with van der Waals surface area (Å²) in [6.45, 7) is 4.13. The van der Waals surface area contributed by atoms with Gasteiger partial charge in [-0.2, -0.15) is 5.10 Å². The molecule has 8 heteroatoms. The Bertz CT molecular complexity index is 1060. The van der Waals surface area contributed by atoms with E-state index < -0.39 is 0 Å². The molecular weight excluding hydrogens is 358 g/mol. The first-order valence-electron chi connectivity index (χ1n) is 9.12. The molecule has 0 atom stereocenters. The van der Waals surface area contributed by atoms with Crippen LogP contribution in [0.5, 0.6) is 11.5 Å². The summed E-state index contributed by atoms with van der Waals surface area (Å²) in [5.41, 5.74) is 3.90. The van der Waals surface area contributed by atoms with Crippen LogP contribution in [0.1, 0.15) is 11.1 Å². The lowest BCUT2D eigenvalue weighted by atomic mass is 10.1. The number of rotatable bonds is 4. The summed E-state index contributed by atoms with van der Waals surface area (Å²) in [5.74, 6) is 2.25. The van der Waals surface area contributed by atoms with E-state index in [0.717, 1.165) is 39.7 Å². The molecule has 3 aromatic rings. The van der Waals surface area contributed by atoms with E-state index in [0.29, 0.717) is 19.6 Å². The average molecular weight is 377 g/mol. The Balaban J connectivity index is 1.47. The summed E-state index contributed by atoms with van der Waals surface area (Å²) in [6, 6.07) is 11.8. The number of fused-ring (bicyclic) bond motifs is 1. The van der Waals surface area contributed by atoms with Crippen LogP contribution in [0.15, 0.2) is 42.7 Å². The van der Waals surface area contributed by atoms with Crippen LogP contribution in [0.3, 0.4) is 0 Å². The topological polar surface area (TPSA) is 81.5 Å². The fourth-order valence-electron chi connectivity index (χ4n) is 3.56. The molecule has 2 aromatic carbocycles. The maximum absolute atomic E-state index is 12.1. The molecule has 0 spiro atoms. The maximum Gasteiger partial charge on any atom is 0.322 e. The lowest BCUT2D eigenvalue weighted by Crippen LogP contribution is -2.28. The van der Waals surface area contributed by atoms with Crippen LogP contribution in [0, 0.1) is 6.92 Å². The standard InChI is InChI=1S/C20H19N5O3/c1-13-2-4-15(9-16(13)24-7-6-21-20(24)26)19-22-11-23-25(19)10-14-3-5-17-18(8-14)28-12-27-17/h2-5,8-9,11H,6-7,10,12H2,1H3,(H,21,26). The number of aryl methyl sites for hydroxylation is 1. The molecule has 0 unspecified atom stereocenters. The molecule has 8 nitrogen and oxygen atoms in total. The Hall–Kier alpha value is -3.55. The number of urea groups is 1. The van der Waals surface area contributed by atoms with Crippen molar-refractivity contribution in [2.24, 2.45) is 0 Å². The largest absolute Gasteiger partial charge is 0.454 e. The lowest BCUT2D eigenvalue weighted by Gasteiger charge is -2.18. The van der Waals surface area contributed by atoms with Crippen molar-refractivity contribution in [3.8, 4) is 22.9 Å². The number of carbonyl (C=O) groups excluding carboxylic acids is 1. The zero-order valence-corrected chi connectivity index (χ0v) is 15.4. The Morgan fingerprint density at radius 2 is 2.04 bits per heavy atom. The zero-order chi connectivity index (χ0) is 19.1. The second-order valence-corrected chi connectivity index (χ2v) is 6.81. The third-order valence-electron chi connectivity index (χ3n) is 5.00. The van der Waals surface area contributed by atoms with E-state index in [2.05, 4.69) is 15.4 Å². The monoisotopic (exact) mass is 377 g/mol. The highest BCUT2D eigenvalue weighted by Crippen LogP contribution is 2.33. The quantitative estimate of drug-likeness (QED) is 0.756. The molecule has 142 valence electrons. The van der Waals surface area contributed by atoms with Crippen LogP contribution in [0.2, 0.25) is 0 Å². The predicted molar refractivity (Wildman–Crippen MR) is 103 cm³/mol. The van der Waals surface area contributed by atoms with Crippen LogP contribution in [-0.4, -0.2) is 40.7 Å². The van der Waals surface area contributed by atoms with E-state index in [4.69, 9.17) is 9.47 Å². The van der Waals surface area contributed by atoms with Crippen molar-refractivity contribution in [1.82, 2.24) is 20.1 Å². The van der Waals surface area contributed by atoms with Crippen LogP contribution in [0.25, 0.3) is 11.4 Å². The van der Waals surface area contributed by atoms with Gasteiger partial charge in [-0.3, -0.25) is 4.90 Å². The van der Waals surface area contributed by atoms with E-state index in [1.54, 1.807) is 11.2 Å². The molecular formula is C20H19N5O3. The van der Waals surface area contributed by atoms with Crippen molar-refractivity contribution in [3.05, 3.63) is 53.9 Å². The summed E-state index contributed by atoms with van der Waals surface area (Å²) >= 11 is 0. The molecule has 2 aliphatic heterocycles. The minimum absolute atomic E-state index is 0.0675. The van der Waals surface area contributed by atoms with Crippen LogP contribution in [0.4, 0.5) is 10.5 Å². The fourth-order valence-corrected chi connectivity index (χ4v) is 3.56. The molecule has 1 aromatic heterocycles. The maximum atomic E-state index is 12.1. The first-order valence-corrected chi connectivity index (χ1v) is 9.12. The number of anilines is 1. The first-order chi connectivity index (χ1) is 13.7. The van der Waals surface area contributed by atoms with Crippen LogP contribution >= 0.6 is 0 Å². The summed E-state index contributed by atoms with van der Waals surface area (Å²) in [7, 11) is 0. The van der Waals surface area contributed by atoms with Crippen molar-refractivity contribution in [2.75, 3.05) is 24.8 Å². The van der Waals surface area contributed by atoms with Crippen molar-refractivity contribution < 1.29 is 14.3 Å². The number of nitrogens with zero attached hydrogens (tertiary/aromatic N) is 4. The number of nitrogens with one attached hydrogen (secondary N) is 1. The van der Waals surface area contributed by atoms with Gasteiger partial charge < -0.3 is 14.8 Å². The molecule has 1 fully saturated rings. The van der Waals surface area contributed by atoms with Gasteiger partial charge in [0.1, 0.15) is 6.33 Å². The van der Waals surface area contributed by atoms with Crippen molar-refractivity contribution in [1.29, 1.82) is 0 Å². The molecule has 3 heterocycles. The van der Waals surface area contributed by atoms with E-state index in [1.165, 1.54) is 0 Å². The zero-order valence-electron chi connectivity index (χ0n) is 15.4. The van der Waals surface area contributed by atoms with Gasteiger partial charge in [0.25, 0.3) is 0 Å². The minimum Gasteiger partial charge on any atom is -0.454 e. The highest BCUT2D eigenvalue weighted by molar-refractivity contribution is 5.95.